The Labute approximate surface area is 384 Å². The SMILES string of the molecule is CCCCCC(C=O)C(CC)N(C=O)OC(=O)c1ccc(CN2CCOCC2)cc1C.CNCNC(=O)c1ccc(-c2ccc(C(=O)NC(C=O)CC(=O)O)cc2)o1.CO.COCC(=O)O. The van der Waals surface area contributed by atoms with E-state index in [4.69, 9.17) is 29.3 Å². The van der Waals surface area contributed by atoms with E-state index >= 15 is 0 Å². The van der Waals surface area contributed by atoms with Gasteiger partial charge in [0.2, 0.25) is 6.41 Å². The molecule has 1 aliphatic heterocycles. The second-order valence-corrected chi connectivity index (χ2v) is 14.6. The van der Waals surface area contributed by atoms with Gasteiger partial charge < -0.3 is 59.6 Å². The van der Waals surface area contributed by atoms with Crippen molar-refractivity contribution >= 4 is 48.7 Å². The van der Waals surface area contributed by atoms with Gasteiger partial charge >= 0.3 is 17.9 Å². The van der Waals surface area contributed by atoms with Crippen LogP contribution < -0.4 is 16.0 Å². The van der Waals surface area contributed by atoms with Gasteiger partial charge in [-0.3, -0.25) is 24.1 Å². The van der Waals surface area contributed by atoms with E-state index in [1.54, 1.807) is 37.4 Å². The summed E-state index contributed by atoms with van der Waals surface area (Å²) in [6.07, 6.45) is 5.45. The number of nitrogens with zero attached hydrogens (tertiary/aromatic N) is 2. The normalized spacial score (nSPS) is 13.2. The summed E-state index contributed by atoms with van der Waals surface area (Å²) in [5.41, 5.74) is 3.24. The van der Waals surface area contributed by atoms with Crippen molar-refractivity contribution in [3.63, 3.8) is 0 Å². The van der Waals surface area contributed by atoms with Crippen molar-refractivity contribution in [1.29, 1.82) is 0 Å². The van der Waals surface area contributed by atoms with Crippen LogP contribution >= 0.6 is 0 Å². The first-order valence-electron chi connectivity index (χ1n) is 21.3. The topological polar surface area (TPSA) is 281 Å². The summed E-state index contributed by atoms with van der Waals surface area (Å²) in [6, 6.07) is 13.5. The maximum absolute atomic E-state index is 12.8. The number of aliphatic hydroxyl groups is 1. The predicted molar refractivity (Wildman–Crippen MR) is 241 cm³/mol. The maximum atomic E-state index is 12.8. The van der Waals surface area contributed by atoms with Crippen LogP contribution in [0.4, 0.5) is 0 Å². The zero-order valence-corrected chi connectivity index (χ0v) is 38.5. The van der Waals surface area contributed by atoms with Crippen LogP contribution in [0.2, 0.25) is 0 Å². The van der Waals surface area contributed by atoms with Gasteiger partial charge in [0.1, 0.15) is 24.9 Å². The first kappa shape index (κ1) is 57.7. The molecular formula is C46H65N5O15. The zero-order valence-electron chi connectivity index (χ0n) is 38.5. The molecule has 1 fully saturated rings. The molecule has 0 saturated carbocycles. The van der Waals surface area contributed by atoms with E-state index in [2.05, 4.69) is 32.5 Å². The molecule has 0 bridgehead atoms. The number of aryl methyl sites for hydroxylation is 1. The van der Waals surface area contributed by atoms with E-state index in [1.807, 2.05) is 26.0 Å². The average Bonchev–Trinajstić information content (AvgIpc) is 3.82. The number of hydroxylamine groups is 2. The van der Waals surface area contributed by atoms with E-state index in [0.717, 1.165) is 81.7 Å². The van der Waals surface area contributed by atoms with E-state index in [0.29, 0.717) is 49.1 Å². The average molecular weight is 928 g/mol. The number of carbonyl (C=O) groups excluding carboxylic acids is 6. The number of hydrogen-bond donors (Lipinski definition) is 6. The number of aldehydes is 2. The number of rotatable bonds is 24. The van der Waals surface area contributed by atoms with Crippen LogP contribution in [-0.4, -0.2) is 147 Å². The number of carbonyl (C=O) groups is 8. The number of benzene rings is 2. The molecule has 1 aromatic heterocycles. The highest BCUT2D eigenvalue weighted by Crippen LogP contribution is 2.24. The van der Waals surface area contributed by atoms with Crippen molar-refractivity contribution in [2.75, 3.05) is 60.8 Å². The number of aliphatic hydroxyl groups excluding tert-OH is 1. The molecule has 20 nitrogen and oxygen atoms in total. The van der Waals surface area contributed by atoms with Gasteiger partial charge in [0, 0.05) is 50.9 Å². The molecule has 4 rings (SSSR count). The van der Waals surface area contributed by atoms with Crippen molar-refractivity contribution in [3.8, 4) is 11.3 Å². The fourth-order valence-corrected chi connectivity index (χ4v) is 6.39. The number of ether oxygens (including phenoxy) is 2. The van der Waals surface area contributed by atoms with Crippen LogP contribution in [0.25, 0.3) is 11.3 Å². The summed E-state index contributed by atoms with van der Waals surface area (Å²) < 4.78 is 15.1. The van der Waals surface area contributed by atoms with Gasteiger partial charge in [-0.25, -0.2) is 9.59 Å². The van der Waals surface area contributed by atoms with Crippen LogP contribution in [0.1, 0.15) is 94.8 Å². The molecule has 364 valence electrons. The lowest BCUT2D eigenvalue weighted by Crippen LogP contribution is -2.41. The van der Waals surface area contributed by atoms with E-state index in [9.17, 15) is 38.4 Å². The summed E-state index contributed by atoms with van der Waals surface area (Å²) >= 11 is 0. The molecule has 3 atom stereocenters. The molecule has 20 heteroatoms. The molecule has 3 unspecified atom stereocenters. The van der Waals surface area contributed by atoms with E-state index in [-0.39, 0.29) is 29.8 Å². The molecule has 3 aromatic rings. The summed E-state index contributed by atoms with van der Waals surface area (Å²) in [7, 11) is 4.04. The number of unbranched alkanes of at least 4 members (excludes halogenated alkanes) is 2. The predicted octanol–water partition coefficient (Wildman–Crippen LogP) is 3.48. The van der Waals surface area contributed by atoms with Crippen LogP contribution in [0, 0.1) is 12.8 Å². The molecule has 0 spiro atoms. The van der Waals surface area contributed by atoms with Gasteiger partial charge in [0.25, 0.3) is 11.8 Å². The molecule has 2 heterocycles. The minimum atomic E-state index is -1.19. The van der Waals surface area contributed by atoms with Gasteiger partial charge in [-0.05, 0) is 68.3 Å². The van der Waals surface area contributed by atoms with Crippen molar-refractivity contribution in [1.82, 2.24) is 25.9 Å². The molecule has 2 aromatic carbocycles. The van der Waals surface area contributed by atoms with Crippen LogP contribution in [0.15, 0.2) is 59.0 Å². The summed E-state index contributed by atoms with van der Waals surface area (Å²) in [6.45, 7) is 10.0. The van der Waals surface area contributed by atoms with Crippen LogP contribution in [0.5, 0.6) is 0 Å². The zero-order chi connectivity index (χ0) is 49.4. The number of nitrogens with one attached hydrogen (secondary N) is 3. The Morgan fingerprint density at radius 3 is 2.09 bits per heavy atom. The molecule has 1 saturated heterocycles. The Kier molecular flexibility index (Phi) is 29.0. The van der Waals surface area contributed by atoms with Crippen molar-refractivity contribution in [2.24, 2.45) is 5.92 Å². The van der Waals surface area contributed by atoms with Gasteiger partial charge in [-0.15, -0.1) is 0 Å². The molecule has 0 aliphatic carbocycles. The number of methoxy groups -OCH3 is 1. The van der Waals surface area contributed by atoms with E-state index < -0.39 is 42.3 Å². The lowest BCUT2D eigenvalue weighted by atomic mass is 9.93. The molecule has 6 N–H and O–H groups in total. The number of aliphatic carboxylic acids is 2. The van der Waals surface area contributed by atoms with Gasteiger partial charge in [0.05, 0.1) is 44.0 Å². The number of amides is 3. The highest BCUT2D eigenvalue weighted by molar-refractivity contribution is 5.96. The third kappa shape index (κ3) is 21.1. The number of carboxylic acid groups (broad SMARTS) is 2. The maximum Gasteiger partial charge on any atom is 0.363 e. The van der Waals surface area contributed by atoms with Crippen molar-refractivity contribution in [3.05, 3.63) is 82.6 Å². The summed E-state index contributed by atoms with van der Waals surface area (Å²) in [5, 5.41) is 32.2. The third-order valence-electron chi connectivity index (χ3n) is 9.70. The Balaban J connectivity index is 0.000000571. The van der Waals surface area contributed by atoms with Crippen LogP contribution in [-0.2, 0) is 44.8 Å². The highest BCUT2D eigenvalue weighted by atomic mass is 16.7. The van der Waals surface area contributed by atoms with Crippen LogP contribution in [0.3, 0.4) is 0 Å². The Morgan fingerprint density at radius 1 is 0.894 bits per heavy atom. The number of carboxylic acids is 2. The second-order valence-electron chi connectivity index (χ2n) is 14.6. The van der Waals surface area contributed by atoms with Crippen molar-refractivity contribution in [2.45, 2.75) is 77.9 Å². The lowest BCUT2D eigenvalue weighted by molar-refractivity contribution is -0.169. The fraction of sp³-hybridized carbons (Fsp3) is 0.478. The molecule has 1 aliphatic rings. The number of hydrogen-bond acceptors (Lipinski definition) is 15. The summed E-state index contributed by atoms with van der Waals surface area (Å²) in [5.74, 6) is -3.37. The minimum absolute atomic E-state index is 0.157. The molecule has 66 heavy (non-hydrogen) atoms. The number of morpholine rings is 1. The fourth-order valence-electron chi connectivity index (χ4n) is 6.39. The Morgan fingerprint density at radius 2 is 1.58 bits per heavy atom. The smallest absolute Gasteiger partial charge is 0.363 e. The quantitative estimate of drug-likeness (QED) is 0.0325. The van der Waals surface area contributed by atoms with Gasteiger partial charge in [-0.1, -0.05) is 57.4 Å². The largest absolute Gasteiger partial charge is 0.481 e. The summed E-state index contributed by atoms with van der Waals surface area (Å²) in [4.78, 5) is 98.8. The second kappa shape index (κ2) is 33.2. The molecular weight excluding hydrogens is 863 g/mol. The lowest BCUT2D eigenvalue weighted by Gasteiger charge is -2.30. The van der Waals surface area contributed by atoms with Gasteiger partial charge in [0.15, 0.2) is 5.76 Å². The number of furan rings is 1. The molecule has 3 amide bonds. The first-order valence-corrected chi connectivity index (χ1v) is 21.3. The Bertz CT molecular complexity index is 1950. The van der Waals surface area contributed by atoms with Crippen molar-refractivity contribution < 1.29 is 72.4 Å². The molecule has 0 radical (unpaired) electrons. The minimum Gasteiger partial charge on any atom is -0.481 e. The van der Waals surface area contributed by atoms with E-state index in [1.165, 1.54) is 19.2 Å². The first-order chi connectivity index (χ1) is 31.7. The monoisotopic (exact) mass is 927 g/mol. The highest BCUT2D eigenvalue weighted by Gasteiger charge is 2.29. The Hall–Kier alpha value is -6.32. The van der Waals surface area contributed by atoms with Gasteiger partial charge in [-0.2, -0.15) is 5.06 Å². The third-order valence-corrected chi connectivity index (χ3v) is 9.70. The standard InChI is InChI=1S/C24H36N2O5.C18H19N3O6.C3H6O3.CH4O/c1-4-6-7-8-21(17-27)23(5-2)26(18-28)31-24(29)22-10-9-20(15-19(22)3)16-25-11-13-30-14-12-25;1-19-10-20-18(26)15-7-6-14(27-15)11-2-4-12(5-3-11)17(25)21-13(9-22)8-16(23)24;1-6-2-3(4)5;1-2/h9-10,15,17-18,21,23H,4-8,11-14,16H2,1-3H3;2-7,9,13,19H,8,10H2,1H3,(H,20,26)(H,21,25)(H,23,24);2H2,1H3,(H,4,5);2H,1H3.